The molecule has 1 aromatic rings. The van der Waals surface area contributed by atoms with Crippen molar-refractivity contribution in [3.63, 3.8) is 0 Å². The second kappa shape index (κ2) is 7.19. The fourth-order valence-corrected chi connectivity index (χ4v) is 4.32. The molecule has 1 saturated carbocycles. The highest BCUT2D eigenvalue weighted by Gasteiger charge is 2.48. The minimum absolute atomic E-state index is 0.0759. The molecular weight excluding hydrogens is 332 g/mol. The zero-order valence-electron chi connectivity index (χ0n) is 14.8. The van der Waals surface area contributed by atoms with Crippen molar-refractivity contribution in [2.24, 2.45) is 11.8 Å². The number of hydrogen-bond acceptors (Lipinski definition) is 4. The molecule has 1 N–H and O–H groups in total. The van der Waals surface area contributed by atoms with Gasteiger partial charge >= 0.3 is 0 Å². The number of nitrogens with one attached hydrogen (secondary N) is 1. The Kier molecular flexibility index (Phi) is 4.76. The summed E-state index contributed by atoms with van der Waals surface area (Å²) in [4.78, 5) is 39.2. The maximum absolute atomic E-state index is 12.7. The average Bonchev–Trinajstić information content (AvgIpc) is 3.27. The summed E-state index contributed by atoms with van der Waals surface area (Å²) in [5, 5.41) is 2.88. The predicted molar refractivity (Wildman–Crippen MR) is 95.7 cm³/mol. The van der Waals surface area contributed by atoms with E-state index >= 15 is 0 Å². The quantitative estimate of drug-likeness (QED) is 0.840. The number of hydrogen-bond donors (Lipinski definition) is 1. The smallest absolute Gasteiger partial charge is 0.251 e. The molecule has 6 heteroatoms. The van der Waals surface area contributed by atoms with Gasteiger partial charge in [-0.05, 0) is 43.9 Å². The Morgan fingerprint density at radius 3 is 2.46 bits per heavy atom. The molecule has 26 heavy (non-hydrogen) atoms. The van der Waals surface area contributed by atoms with Crippen molar-refractivity contribution in [1.82, 2.24) is 5.32 Å². The molecule has 1 aliphatic carbocycles. The Morgan fingerprint density at radius 2 is 1.81 bits per heavy atom. The van der Waals surface area contributed by atoms with E-state index in [1.165, 1.54) is 4.90 Å². The van der Waals surface area contributed by atoms with Crippen molar-refractivity contribution in [2.45, 2.75) is 44.6 Å². The van der Waals surface area contributed by atoms with Gasteiger partial charge < -0.3 is 10.1 Å². The van der Waals surface area contributed by atoms with Gasteiger partial charge in [0.25, 0.3) is 5.91 Å². The van der Waals surface area contributed by atoms with Crippen LogP contribution >= 0.6 is 0 Å². The van der Waals surface area contributed by atoms with Gasteiger partial charge in [-0.25, -0.2) is 0 Å². The van der Waals surface area contributed by atoms with Gasteiger partial charge in [-0.15, -0.1) is 0 Å². The number of fused-ring (bicyclic) bond motifs is 1. The van der Waals surface area contributed by atoms with E-state index in [-0.39, 0.29) is 35.7 Å². The number of rotatable bonds is 4. The molecule has 6 nitrogen and oxygen atoms in total. The Balaban J connectivity index is 1.49. The van der Waals surface area contributed by atoms with Gasteiger partial charge in [0, 0.05) is 18.7 Å². The molecule has 1 aromatic carbocycles. The van der Waals surface area contributed by atoms with E-state index in [0.29, 0.717) is 17.8 Å². The highest BCUT2D eigenvalue weighted by molar-refractivity contribution is 6.22. The fraction of sp³-hybridized carbons (Fsp3) is 0.550. The van der Waals surface area contributed by atoms with Crippen LogP contribution in [0, 0.1) is 11.8 Å². The third-order valence-electron chi connectivity index (χ3n) is 5.72. The molecule has 0 unspecified atom stereocenters. The van der Waals surface area contributed by atoms with Crippen molar-refractivity contribution in [3.8, 4) is 0 Å². The van der Waals surface area contributed by atoms with Crippen LogP contribution in [0.3, 0.4) is 0 Å². The van der Waals surface area contributed by atoms with E-state index in [1.54, 1.807) is 24.3 Å². The van der Waals surface area contributed by atoms with Crippen molar-refractivity contribution in [2.75, 3.05) is 18.1 Å². The Morgan fingerprint density at radius 1 is 1.08 bits per heavy atom. The topological polar surface area (TPSA) is 75.7 Å². The average molecular weight is 356 g/mol. The van der Waals surface area contributed by atoms with Gasteiger partial charge in [-0.1, -0.05) is 18.9 Å². The number of benzene rings is 1. The van der Waals surface area contributed by atoms with Crippen LogP contribution in [0.15, 0.2) is 24.3 Å². The normalized spacial score (nSPS) is 28.3. The number of nitrogens with zero attached hydrogens (tertiary/aromatic N) is 1. The molecule has 3 atom stereocenters. The van der Waals surface area contributed by atoms with E-state index < -0.39 is 0 Å². The number of anilines is 1. The minimum Gasteiger partial charge on any atom is -0.376 e. The van der Waals surface area contributed by atoms with Gasteiger partial charge in [-0.3, -0.25) is 19.3 Å². The molecular formula is C20H24N2O4. The number of imide groups is 1. The molecule has 0 bridgehead atoms. The summed E-state index contributed by atoms with van der Waals surface area (Å²) in [6.45, 7) is 1.23. The molecule has 3 amide bonds. The monoisotopic (exact) mass is 356 g/mol. The van der Waals surface area contributed by atoms with Crippen molar-refractivity contribution >= 4 is 23.4 Å². The molecule has 0 spiro atoms. The maximum Gasteiger partial charge on any atom is 0.251 e. The molecule has 138 valence electrons. The van der Waals surface area contributed by atoms with E-state index in [0.717, 1.165) is 45.1 Å². The summed E-state index contributed by atoms with van der Waals surface area (Å²) in [7, 11) is 0. The largest absolute Gasteiger partial charge is 0.376 e. The Hall–Kier alpha value is -2.21. The van der Waals surface area contributed by atoms with E-state index in [1.807, 2.05) is 0 Å². The summed E-state index contributed by atoms with van der Waals surface area (Å²) in [6.07, 6.45) is 5.63. The zero-order chi connectivity index (χ0) is 18.1. The first-order chi connectivity index (χ1) is 12.6. The lowest BCUT2D eigenvalue weighted by Gasteiger charge is -2.19. The molecule has 2 saturated heterocycles. The lowest BCUT2D eigenvalue weighted by atomic mass is 9.81. The first-order valence-corrected chi connectivity index (χ1v) is 9.53. The lowest BCUT2D eigenvalue weighted by molar-refractivity contribution is -0.122. The number of amides is 3. The fourth-order valence-electron chi connectivity index (χ4n) is 4.32. The van der Waals surface area contributed by atoms with E-state index in [4.69, 9.17) is 4.74 Å². The third-order valence-corrected chi connectivity index (χ3v) is 5.72. The van der Waals surface area contributed by atoms with Crippen LogP contribution in [0.1, 0.15) is 48.9 Å². The van der Waals surface area contributed by atoms with Crippen LogP contribution < -0.4 is 10.2 Å². The summed E-state index contributed by atoms with van der Waals surface area (Å²) in [5.41, 5.74) is 0.954. The Labute approximate surface area is 152 Å². The van der Waals surface area contributed by atoms with Crippen LogP contribution in [0.4, 0.5) is 5.69 Å². The second-order valence-electron chi connectivity index (χ2n) is 7.40. The maximum atomic E-state index is 12.7. The SMILES string of the molecule is O=C(NC[C@@H]1CCCO1)c1cccc(N2C(=O)[C@@H]3CCCC[C@H]3C2=O)c1. The summed E-state index contributed by atoms with van der Waals surface area (Å²) >= 11 is 0. The highest BCUT2D eigenvalue weighted by atomic mass is 16.5. The molecule has 2 aliphatic heterocycles. The summed E-state index contributed by atoms with van der Waals surface area (Å²) in [5.74, 6) is -0.811. The van der Waals surface area contributed by atoms with E-state index in [9.17, 15) is 14.4 Å². The van der Waals surface area contributed by atoms with Crippen LogP contribution in [-0.2, 0) is 14.3 Å². The third kappa shape index (κ3) is 3.14. The van der Waals surface area contributed by atoms with Crippen molar-refractivity contribution in [1.29, 1.82) is 0 Å². The van der Waals surface area contributed by atoms with Crippen LogP contribution in [0.25, 0.3) is 0 Å². The van der Waals surface area contributed by atoms with Gasteiger partial charge in [0.1, 0.15) is 0 Å². The lowest BCUT2D eigenvalue weighted by Crippen LogP contribution is -2.33. The van der Waals surface area contributed by atoms with Crippen LogP contribution in [0.5, 0.6) is 0 Å². The zero-order valence-corrected chi connectivity index (χ0v) is 14.8. The summed E-state index contributed by atoms with van der Waals surface area (Å²) in [6, 6.07) is 6.78. The molecule has 4 rings (SSSR count). The van der Waals surface area contributed by atoms with Crippen molar-refractivity contribution in [3.05, 3.63) is 29.8 Å². The number of ether oxygens (including phenoxy) is 1. The number of carbonyl (C=O) groups excluding carboxylic acids is 3. The van der Waals surface area contributed by atoms with Crippen LogP contribution in [0.2, 0.25) is 0 Å². The van der Waals surface area contributed by atoms with E-state index in [2.05, 4.69) is 5.32 Å². The minimum atomic E-state index is -0.209. The molecule has 3 aliphatic rings. The number of carbonyl (C=O) groups is 3. The van der Waals surface area contributed by atoms with Gasteiger partial charge in [0.2, 0.25) is 11.8 Å². The second-order valence-corrected chi connectivity index (χ2v) is 7.40. The first-order valence-electron chi connectivity index (χ1n) is 9.53. The first kappa shape index (κ1) is 17.2. The molecule has 2 heterocycles. The highest BCUT2D eigenvalue weighted by Crippen LogP contribution is 2.40. The summed E-state index contributed by atoms with van der Waals surface area (Å²) < 4.78 is 5.51. The predicted octanol–water partition coefficient (Wildman–Crippen LogP) is 2.28. The molecule has 0 radical (unpaired) electrons. The Bertz CT molecular complexity index is 702. The van der Waals surface area contributed by atoms with Gasteiger partial charge in [0.05, 0.1) is 23.6 Å². The van der Waals surface area contributed by atoms with Crippen LogP contribution in [-0.4, -0.2) is 37.0 Å². The van der Waals surface area contributed by atoms with Crippen molar-refractivity contribution < 1.29 is 19.1 Å². The van der Waals surface area contributed by atoms with Gasteiger partial charge in [-0.2, -0.15) is 0 Å². The van der Waals surface area contributed by atoms with Gasteiger partial charge in [0.15, 0.2) is 0 Å². The molecule has 0 aromatic heterocycles. The standard InChI is InChI=1S/C20H24N2O4/c23-18(21-12-15-7-4-10-26-15)13-5-3-6-14(11-13)22-19(24)16-8-1-2-9-17(16)20(22)25/h3,5-6,11,15-17H,1-2,4,7-10,12H2,(H,21,23)/t15-,16+,17+/m0/s1. The molecule has 3 fully saturated rings.